The highest BCUT2D eigenvalue weighted by molar-refractivity contribution is 5.64. The molecule has 0 saturated carbocycles. The van der Waals surface area contributed by atoms with Crippen molar-refractivity contribution in [3.05, 3.63) is 75.8 Å². The minimum atomic E-state index is -0.361. The molecule has 0 aliphatic rings. The molecule has 2 aromatic carbocycles. The van der Waals surface area contributed by atoms with Crippen LogP contribution in [-0.2, 0) is 13.0 Å². The number of benzene rings is 2. The largest absolute Gasteiger partial charge is 0.292 e. The summed E-state index contributed by atoms with van der Waals surface area (Å²) in [6.45, 7) is 0.599. The Morgan fingerprint density at radius 1 is 1.05 bits per heavy atom. The van der Waals surface area contributed by atoms with E-state index in [9.17, 15) is 10.1 Å². The molecule has 0 unspecified atom stereocenters. The van der Waals surface area contributed by atoms with Gasteiger partial charge in [-0.3, -0.25) is 15.1 Å². The van der Waals surface area contributed by atoms with E-state index in [0.29, 0.717) is 18.5 Å². The van der Waals surface area contributed by atoms with Crippen LogP contribution in [0.1, 0.15) is 11.1 Å². The maximum Gasteiger partial charge on any atom is 0.272 e. The van der Waals surface area contributed by atoms with E-state index < -0.39 is 0 Å². The minimum Gasteiger partial charge on any atom is -0.292 e. The van der Waals surface area contributed by atoms with Gasteiger partial charge >= 0.3 is 0 Å². The van der Waals surface area contributed by atoms with Crippen molar-refractivity contribution >= 4 is 11.9 Å². The molecular formula is C15H14N2O2. The van der Waals surface area contributed by atoms with E-state index in [1.165, 1.54) is 6.07 Å². The van der Waals surface area contributed by atoms with Crippen LogP contribution in [0.15, 0.2) is 59.6 Å². The fraction of sp³-hybridized carbons (Fsp3) is 0.133. The first-order valence-electron chi connectivity index (χ1n) is 6.02. The average molecular weight is 254 g/mol. The number of rotatable bonds is 5. The van der Waals surface area contributed by atoms with E-state index in [4.69, 9.17) is 0 Å². The Bertz CT molecular complexity index is 580. The Morgan fingerprint density at radius 2 is 1.74 bits per heavy atom. The minimum absolute atomic E-state index is 0.147. The van der Waals surface area contributed by atoms with Gasteiger partial charge < -0.3 is 0 Å². The van der Waals surface area contributed by atoms with Crippen LogP contribution in [0.25, 0.3) is 0 Å². The van der Waals surface area contributed by atoms with Gasteiger partial charge in [-0.1, -0.05) is 48.5 Å². The van der Waals surface area contributed by atoms with Crippen molar-refractivity contribution in [2.24, 2.45) is 4.99 Å². The summed E-state index contributed by atoms with van der Waals surface area (Å²) < 4.78 is 0. The van der Waals surface area contributed by atoms with Gasteiger partial charge in [0.2, 0.25) is 0 Å². The lowest BCUT2D eigenvalue weighted by atomic mass is 10.1. The van der Waals surface area contributed by atoms with Crippen LogP contribution < -0.4 is 0 Å². The predicted molar refractivity (Wildman–Crippen MR) is 75.4 cm³/mol. The first-order valence-corrected chi connectivity index (χ1v) is 6.02. The fourth-order valence-electron chi connectivity index (χ4n) is 1.78. The zero-order valence-corrected chi connectivity index (χ0v) is 10.4. The number of nitrogens with zero attached hydrogens (tertiary/aromatic N) is 2. The summed E-state index contributed by atoms with van der Waals surface area (Å²) in [6.07, 6.45) is 2.21. The predicted octanol–water partition coefficient (Wildman–Crippen LogP) is 3.41. The molecule has 0 fully saturated rings. The molecule has 0 heterocycles. The number of aliphatic imine (C=N–C) groups is 1. The highest BCUT2D eigenvalue weighted by atomic mass is 16.6. The van der Waals surface area contributed by atoms with Crippen LogP contribution in [0.2, 0.25) is 0 Å². The topological polar surface area (TPSA) is 55.5 Å². The van der Waals surface area contributed by atoms with Crippen LogP contribution >= 0.6 is 0 Å². The summed E-state index contributed by atoms with van der Waals surface area (Å²) in [7, 11) is 0. The van der Waals surface area contributed by atoms with E-state index >= 15 is 0 Å². The van der Waals surface area contributed by atoms with Crippen LogP contribution in [0.3, 0.4) is 0 Å². The maximum absolute atomic E-state index is 10.8. The number of hydrogen-bond acceptors (Lipinski definition) is 3. The summed E-state index contributed by atoms with van der Waals surface area (Å²) in [6, 6.07) is 16.6. The van der Waals surface area contributed by atoms with E-state index in [2.05, 4.69) is 4.99 Å². The van der Waals surface area contributed by atoms with E-state index in [0.717, 1.165) is 5.56 Å². The van der Waals surface area contributed by atoms with Gasteiger partial charge in [0.15, 0.2) is 0 Å². The lowest BCUT2D eigenvalue weighted by Gasteiger charge is -1.98. The molecule has 4 heteroatoms. The van der Waals surface area contributed by atoms with Crippen molar-refractivity contribution in [2.75, 3.05) is 0 Å². The Balaban J connectivity index is 1.97. The quantitative estimate of drug-likeness (QED) is 0.466. The molecule has 0 saturated heterocycles. The van der Waals surface area contributed by atoms with Crippen LogP contribution in [-0.4, -0.2) is 11.1 Å². The molecule has 4 nitrogen and oxygen atoms in total. The van der Waals surface area contributed by atoms with E-state index in [1.54, 1.807) is 24.4 Å². The Kier molecular flexibility index (Phi) is 4.39. The number of hydrogen-bond donors (Lipinski definition) is 0. The molecule has 0 amide bonds. The van der Waals surface area contributed by atoms with Crippen molar-refractivity contribution in [3.8, 4) is 0 Å². The molecule has 0 radical (unpaired) electrons. The Morgan fingerprint density at radius 3 is 2.47 bits per heavy atom. The summed E-state index contributed by atoms with van der Waals surface area (Å²) in [5.41, 5.74) is 1.96. The molecule has 0 aliphatic carbocycles. The number of nitro groups is 1. The first-order chi connectivity index (χ1) is 9.27. The molecule has 0 aliphatic heterocycles. The molecule has 2 rings (SSSR count). The second-order valence-corrected chi connectivity index (χ2v) is 4.10. The maximum atomic E-state index is 10.8. The zero-order valence-electron chi connectivity index (χ0n) is 10.4. The third kappa shape index (κ3) is 3.74. The number of para-hydroxylation sites is 1. The van der Waals surface area contributed by atoms with Gasteiger partial charge in [-0.15, -0.1) is 0 Å². The third-order valence-electron chi connectivity index (χ3n) is 2.75. The lowest BCUT2D eigenvalue weighted by molar-refractivity contribution is -0.385. The fourth-order valence-corrected chi connectivity index (χ4v) is 1.78. The first kappa shape index (κ1) is 13.0. The molecule has 19 heavy (non-hydrogen) atoms. The smallest absolute Gasteiger partial charge is 0.272 e. The van der Waals surface area contributed by atoms with Gasteiger partial charge in [0.05, 0.1) is 11.5 Å². The molecular weight excluding hydrogens is 240 g/mol. The van der Waals surface area contributed by atoms with Gasteiger partial charge in [0.1, 0.15) is 0 Å². The van der Waals surface area contributed by atoms with Crippen LogP contribution in [0.4, 0.5) is 5.69 Å². The summed E-state index contributed by atoms with van der Waals surface area (Å²) in [5.74, 6) is 0. The van der Waals surface area contributed by atoms with Gasteiger partial charge in [0.25, 0.3) is 5.69 Å². The molecule has 0 bridgehead atoms. The second kappa shape index (κ2) is 6.44. The van der Waals surface area contributed by atoms with Gasteiger partial charge in [-0.05, 0) is 5.56 Å². The van der Waals surface area contributed by atoms with Crippen molar-refractivity contribution in [2.45, 2.75) is 13.0 Å². The normalized spacial score (nSPS) is 10.7. The van der Waals surface area contributed by atoms with Crippen molar-refractivity contribution in [1.29, 1.82) is 0 Å². The monoisotopic (exact) mass is 254 g/mol. The van der Waals surface area contributed by atoms with Crippen LogP contribution in [0.5, 0.6) is 0 Å². The Labute approximate surface area is 111 Å². The van der Waals surface area contributed by atoms with Gasteiger partial charge in [-0.2, -0.15) is 0 Å². The standard InChI is InChI=1S/C15H14N2O2/c18-17(19)15-9-5-4-8-14(15)10-11-16-12-13-6-2-1-3-7-13/h1-9,11H,10,12H2. The van der Waals surface area contributed by atoms with Crippen molar-refractivity contribution < 1.29 is 4.92 Å². The molecule has 0 spiro atoms. The molecule has 0 aromatic heterocycles. The van der Waals surface area contributed by atoms with E-state index in [1.807, 2.05) is 30.3 Å². The highest BCUT2D eigenvalue weighted by Gasteiger charge is 2.10. The molecule has 0 N–H and O–H groups in total. The number of nitro benzene ring substituents is 1. The SMILES string of the molecule is O=[N+]([O-])c1ccccc1CC=NCc1ccccc1. The molecule has 96 valence electrons. The van der Waals surface area contributed by atoms with Gasteiger partial charge in [-0.25, -0.2) is 0 Å². The third-order valence-corrected chi connectivity index (χ3v) is 2.75. The van der Waals surface area contributed by atoms with Gasteiger partial charge in [0, 0.05) is 24.3 Å². The van der Waals surface area contributed by atoms with Crippen molar-refractivity contribution in [1.82, 2.24) is 0 Å². The second-order valence-electron chi connectivity index (χ2n) is 4.10. The average Bonchev–Trinajstić information content (AvgIpc) is 2.45. The van der Waals surface area contributed by atoms with Crippen LogP contribution in [0, 0.1) is 10.1 Å². The summed E-state index contributed by atoms with van der Waals surface area (Å²) in [4.78, 5) is 14.8. The lowest BCUT2D eigenvalue weighted by Crippen LogP contribution is -1.96. The van der Waals surface area contributed by atoms with E-state index in [-0.39, 0.29) is 10.6 Å². The zero-order chi connectivity index (χ0) is 13.5. The Hall–Kier alpha value is -2.49. The highest BCUT2D eigenvalue weighted by Crippen LogP contribution is 2.17. The summed E-state index contributed by atoms with van der Waals surface area (Å²) in [5, 5.41) is 10.8. The van der Waals surface area contributed by atoms with Crippen molar-refractivity contribution in [3.63, 3.8) is 0 Å². The summed E-state index contributed by atoms with van der Waals surface area (Å²) >= 11 is 0. The molecule has 0 atom stereocenters. The molecule has 2 aromatic rings.